The predicted molar refractivity (Wildman–Crippen MR) is 133 cm³/mol. The van der Waals surface area contributed by atoms with Crippen molar-refractivity contribution in [3.05, 3.63) is 71.3 Å². The van der Waals surface area contributed by atoms with Crippen LogP contribution in [0.15, 0.2) is 24.3 Å². The highest BCUT2D eigenvalue weighted by Crippen LogP contribution is 2.47. The molecule has 0 radical (unpaired) electrons. The molecule has 2 aromatic rings. The van der Waals surface area contributed by atoms with Gasteiger partial charge in [0.1, 0.15) is 0 Å². The molecule has 0 spiro atoms. The van der Waals surface area contributed by atoms with Gasteiger partial charge in [-0.2, -0.15) is 0 Å². The lowest BCUT2D eigenvalue weighted by Gasteiger charge is -2.29. The van der Waals surface area contributed by atoms with Crippen LogP contribution in [0, 0.1) is 35.8 Å². The van der Waals surface area contributed by atoms with Gasteiger partial charge in [0.05, 0.1) is 51.2 Å². The Morgan fingerprint density at radius 3 is 2.03 bits per heavy atom. The first-order chi connectivity index (χ1) is 18.2. The number of nitro benzene ring substituents is 3. The van der Waals surface area contributed by atoms with Gasteiger partial charge >= 0.3 is 5.97 Å². The van der Waals surface area contributed by atoms with Crippen LogP contribution in [-0.2, 0) is 9.53 Å². The van der Waals surface area contributed by atoms with Crippen molar-refractivity contribution in [2.45, 2.75) is 39.7 Å². The summed E-state index contributed by atoms with van der Waals surface area (Å²) in [5, 5.41) is 46.6. The van der Waals surface area contributed by atoms with E-state index in [1.54, 1.807) is 0 Å². The molecule has 2 aromatic carbocycles. The van der Waals surface area contributed by atoms with E-state index in [2.05, 4.69) is 5.32 Å². The van der Waals surface area contributed by atoms with Gasteiger partial charge in [0.15, 0.2) is 5.78 Å². The number of non-ortho nitro benzene ring substituents is 2. The number of nitrogens with one attached hydrogen (secondary N) is 1. The SMILES string of the molecule is CC(C)(C)[C@@H](CO)NC(=O)CCCOC(=O)c1cc([N+](=O)[O-])cc2c1-c1c(cc([N+](=O)[O-])cc1[N+](=O)[O-])C2=O. The maximum Gasteiger partial charge on any atom is 0.339 e. The molecule has 0 fully saturated rings. The monoisotopic (exact) mass is 544 g/mol. The number of carbonyl (C=O) groups is 3. The van der Waals surface area contributed by atoms with Crippen LogP contribution in [0.1, 0.15) is 59.9 Å². The summed E-state index contributed by atoms with van der Waals surface area (Å²) in [6.45, 7) is 4.90. The molecule has 1 amide bonds. The molecule has 1 aliphatic carbocycles. The highest BCUT2D eigenvalue weighted by Gasteiger charge is 2.40. The second kappa shape index (κ2) is 10.9. The first kappa shape index (κ1) is 28.8. The Kier molecular flexibility index (Phi) is 8.05. The Hall–Kier alpha value is -4.79. The van der Waals surface area contributed by atoms with Crippen LogP contribution in [0.25, 0.3) is 11.1 Å². The molecular formula is C24H24N4O11. The van der Waals surface area contributed by atoms with E-state index in [0.717, 1.165) is 18.2 Å². The third kappa shape index (κ3) is 5.87. The summed E-state index contributed by atoms with van der Waals surface area (Å²) in [4.78, 5) is 69.9. The number of nitro groups is 3. The third-order valence-electron chi connectivity index (χ3n) is 6.15. The number of ether oxygens (including phenoxy) is 1. The molecule has 2 N–H and O–H groups in total. The Bertz CT molecular complexity index is 1410. The molecule has 39 heavy (non-hydrogen) atoms. The lowest BCUT2D eigenvalue weighted by Crippen LogP contribution is -2.46. The average Bonchev–Trinajstić information content (AvgIpc) is 3.14. The lowest BCUT2D eigenvalue weighted by molar-refractivity contribution is -0.393. The van der Waals surface area contributed by atoms with E-state index >= 15 is 0 Å². The summed E-state index contributed by atoms with van der Waals surface area (Å²) in [7, 11) is 0. The molecule has 15 nitrogen and oxygen atoms in total. The van der Waals surface area contributed by atoms with Crippen LogP contribution < -0.4 is 5.32 Å². The standard InChI is InChI=1S/C24H24N4O11/c1-24(2,3)18(11-29)25-19(30)5-4-6-39-23(32)16-9-12(26(33)34)7-14-20(16)21-15(22(14)31)8-13(27(35)36)10-17(21)28(37)38/h7-10,18,29H,4-6,11H2,1-3H3,(H,25,30)/t18-/m1/s1. The number of hydrogen-bond donors (Lipinski definition) is 2. The number of esters is 1. The molecule has 0 heterocycles. The highest BCUT2D eigenvalue weighted by molar-refractivity contribution is 6.26. The number of hydrogen-bond acceptors (Lipinski definition) is 11. The molecule has 0 aliphatic heterocycles. The van der Waals surface area contributed by atoms with Crippen molar-refractivity contribution >= 4 is 34.7 Å². The second-order valence-electron chi connectivity index (χ2n) is 9.81. The van der Waals surface area contributed by atoms with Gasteiger partial charge in [0.2, 0.25) is 5.91 Å². The zero-order chi connectivity index (χ0) is 29.2. The number of aliphatic hydroxyl groups is 1. The molecule has 0 bridgehead atoms. The summed E-state index contributed by atoms with van der Waals surface area (Å²) in [6, 6.07) is 2.57. The molecule has 0 saturated carbocycles. The quantitative estimate of drug-likeness (QED) is 0.163. The van der Waals surface area contributed by atoms with Crippen molar-refractivity contribution in [1.29, 1.82) is 0 Å². The zero-order valence-electron chi connectivity index (χ0n) is 21.1. The topological polar surface area (TPSA) is 222 Å². The molecule has 0 aromatic heterocycles. The summed E-state index contributed by atoms with van der Waals surface area (Å²) in [5.74, 6) is -2.52. The lowest BCUT2D eigenvalue weighted by atomic mass is 9.87. The smallest absolute Gasteiger partial charge is 0.339 e. The fourth-order valence-electron chi connectivity index (χ4n) is 4.07. The molecule has 206 valence electrons. The number of carbonyl (C=O) groups excluding carboxylic acids is 3. The number of nitrogens with zero attached hydrogens (tertiary/aromatic N) is 3. The largest absolute Gasteiger partial charge is 0.462 e. The van der Waals surface area contributed by atoms with Crippen LogP contribution >= 0.6 is 0 Å². The first-order valence-electron chi connectivity index (χ1n) is 11.6. The minimum absolute atomic E-state index is 0.0405. The van der Waals surface area contributed by atoms with Crippen molar-refractivity contribution in [1.82, 2.24) is 5.32 Å². The Labute approximate surface area is 220 Å². The minimum atomic E-state index is -1.15. The molecule has 0 saturated heterocycles. The number of benzene rings is 2. The number of rotatable bonds is 10. The van der Waals surface area contributed by atoms with Crippen LogP contribution in [0.3, 0.4) is 0 Å². The molecule has 1 atom stereocenters. The Balaban J connectivity index is 1.91. The maximum absolute atomic E-state index is 13.0. The van der Waals surface area contributed by atoms with Gasteiger partial charge in [-0.05, 0) is 11.8 Å². The number of aliphatic hydroxyl groups excluding tert-OH is 1. The Morgan fingerprint density at radius 1 is 0.949 bits per heavy atom. The van der Waals surface area contributed by atoms with Crippen molar-refractivity contribution in [2.75, 3.05) is 13.2 Å². The van der Waals surface area contributed by atoms with Crippen LogP contribution in [0.2, 0.25) is 0 Å². The first-order valence-corrected chi connectivity index (χ1v) is 11.6. The molecule has 15 heteroatoms. The van der Waals surface area contributed by atoms with Crippen molar-refractivity contribution in [3.63, 3.8) is 0 Å². The molecular weight excluding hydrogens is 520 g/mol. The summed E-state index contributed by atoms with van der Waals surface area (Å²) < 4.78 is 5.17. The van der Waals surface area contributed by atoms with Gasteiger partial charge in [-0.25, -0.2) is 4.79 Å². The van der Waals surface area contributed by atoms with Crippen molar-refractivity contribution in [3.8, 4) is 11.1 Å². The highest BCUT2D eigenvalue weighted by atomic mass is 16.6. The van der Waals surface area contributed by atoms with E-state index in [1.807, 2.05) is 20.8 Å². The van der Waals surface area contributed by atoms with Gasteiger partial charge in [-0.1, -0.05) is 20.8 Å². The van der Waals surface area contributed by atoms with E-state index in [1.165, 1.54) is 0 Å². The summed E-state index contributed by atoms with van der Waals surface area (Å²) >= 11 is 0. The average molecular weight is 544 g/mol. The minimum Gasteiger partial charge on any atom is -0.462 e. The molecule has 0 unspecified atom stereocenters. The normalized spacial score (nSPS) is 12.8. The number of amides is 1. The maximum atomic E-state index is 13.0. The number of ketones is 1. The van der Waals surface area contributed by atoms with Crippen LogP contribution in [-0.4, -0.2) is 56.8 Å². The van der Waals surface area contributed by atoms with E-state index < -0.39 is 77.6 Å². The number of fused-ring (bicyclic) bond motifs is 3. The van der Waals surface area contributed by atoms with Gasteiger partial charge in [0.25, 0.3) is 17.1 Å². The van der Waals surface area contributed by atoms with E-state index in [0.29, 0.717) is 6.07 Å². The fraction of sp³-hybridized carbons (Fsp3) is 0.375. The van der Waals surface area contributed by atoms with Crippen molar-refractivity contribution in [2.24, 2.45) is 5.41 Å². The third-order valence-corrected chi connectivity index (χ3v) is 6.15. The van der Waals surface area contributed by atoms with Crippen LogP contribution in [0.5, 0.6) is 0 Å². The zero-order valence-corrected chi connectivity index (χ0v) is 21.1. The van der Waals surface area contributed by atoms with Gasteiger partial charge < -0.3 is 15.2 Å². The fourth-order valence-corrected chi connectivity index (χ4v) is 4.07. The van der Waals surface area contributed by atoms with Gasteiger partial charge in [-0.3, -0.25) is 39.9 Å². The van der Waals surface area contributed by atoms with Gasteiger partial charge in [0, 0.05) is 41.3 Å². The molecule has 3 rings (SSSR count). The Morgan fingerprint density at radius 2 is 1.51 bits per heavy atom. The van der Waals surface area contributed by atoms with Crippen LogP contribution in [0.4, 0.5) is 17.1 Å². The van der Waals surface area contributed by atoms with E-state index in [-0.39, 0.29) is 37.2 Å². The molecule has 1 aliphatic rings. The predicted octanol–water partition coefficient (Wildman–Crippen LogP) is 3.08. The van der Waals surface area contributed by atoms with E-state index in [4.69, 9.17) is 4.74 Å². The van der Waals surface area contributed by atoms with E-state index in [9.17, 15) is 49.8 Å². The summed E-state index contributed by atoms with van der Waals surface area (Å²) in [6.07, 6.45) is -0.0395. The van der Waals surface area contributed by atoms with Crippen molar-refractivity contribution < 1.29 is 39.0 Å². The second-order valence-corrected chi connectivity index (χ2v) is 9.81. The summed E-state index contributed by atoms with van der Waals surface area (Å²) in [5.41, 5.74) is -4.71. The van der Waals surface area contributed by atoms with Gasteiger partial charge in [-0.15, -0.1) is 0 Å².